The molecule has 1 heterocycles. The molecule has 0 saturated carbocycles. The van der Waals surface area contributed by atoms with Crippen LogP contribution in [-0.2, 0) is 12.6 Å². The van der Waals surface area contributed by atoms with Crippen molar-refractivity contribution in [2.45, 2.75) is 53.1 Å². The van der Waals surface area contributed by atoms with Gasteiger partial charge in [-0.15, -0.1) is 0 Å². The molecule has 2 nitrogen and oxygen atoms in total. The Morgan fingerprint density at radius 2 is 1.76 bits per heavy atom. The molecule has 0 atom stereocenters. The van der Waals surface area contributed by atoms with Gasteiger partial charge in [-0.3, -0.25) is 4.98 Å². The summed E-state index contributed by atoms with van der Waals surface area (Å²) in [6.45, 7) is 9.55. The molecule has 0 N–H and O–H groups in total. The van der Waals surface area contributed by atoms with Crippen molar-refractivity contribution in [3.05, 3.63) is 35.2 Å². The topological polar surface area (TPSA) is 25.8 Å². The quantitative estimate of drug-likeness (QED) is 0.745. The lowest BCUT2D eigenvalue weighted by molar-refractivity contribution is -0.136. The lowest BCUT2D eigenvalue weighted by Gasteiger charge is -2.14. The van der Waals surface area contributed by atoms with E-state index in [-0.39, 0.29) is 11.4 Å². The van der Waals surface area contributed by atoms with Crippen molar-refractivity contribution in [1.29, 1.82) is 0 Å². The molecule has 5 heteroatoms. The van der Waals surface area contributed by atoms with E-state index in [0.29, 0.717) is 23.2 Å². The second-order valence-electron chi connectivity index (χ2n) is 4.80. The van der Waals surface area contributed by atoms with E-state index < -0.39 is 11.7 Å². The first-order chi connectivity index (χ1) is 9.82. The zero-order valence-corrected chi connectivity index (χ0v) is 13.0. The number of fused-ring (bicyclic) bond motifs is 1. The van der Waals surface area contributed by atoms with Crippen molar-refractivity contribution < 1.29 is 13.2 Å². The van der Waals surface area contributed by atoms with Gasteiger partial charge in [0.1, 0.15) is 5.52 Å². The summed E-state index contributed by atoms with van der Waals surface area (Å²) in [5, 5.41) is 0. The smallest absolute Gasteiger partial charge is 0.253 e. The van der Waals surface area contributed by atoms with Crippen LogP contribution < -0.4 is 0 Å². The number of aryl methyl sites for hydroxylation is 1. The Labute approximate surface area is 123 Å². The van der Waals surface area contributed by atoms with E-state index >= 15 is 0 Å². The average molecular weight is 298 g/mol. The van der Waals surface area contributed by atoms with Crippen molar-refractivity contribution in [3.8, 4) is 0 Å². The van der Waals surface area contributed by atoms with Crippen LogP contribution in [0.2, 0.25) is 0 Å². The minimum absolute atomic E-state index is 0.0122. The standard InChI is InChI=1S/C14H15F3N2.C2H6/c1-4-10-7-18-12-6-9(8(2)3)5-11(13(12)19-10)14(15,16)17;1-2/h5-8H,4H2,1-3H3;1-2H3. The highest BCUT2D eigenvalue weighted by molar-refractivity contribution is 5.79. The fourth-order valence-corrected chi connectivity index (χ4v) is 1.89. The van der Waals surface area contributed by atoms with E-state index in [4.69, 9.17) is 0 Å². The minimum Gasteiger partial charge on any atom is -0.253 e. The second kappa shape index (κ2) is 6.87. The minimum atomic E-state index is -4.41. The summed E-state index contributed by atoms with van der Waals surface area (Å²) in [6.07, 6.45) is -2.32. The molecule has 0 fully saturated rings. The first kappa shape index (κ1) is 17.4. The van der Waals surface area contributed by atoms with Gasteiger partial charge < -0.3 is 0 Å². The number of halogens is 3. The Balaban J connectivity index is 0.00000106. The summed E-state index contributed by atoms with van der Waals surface area (Å²) in [6, 6.07) is 2.86. The van der Waals surface area contributed by atoms with Crippen LogP contribution in [0.3, 0.4) is 0 Å². The number of aromatic nitrogens is 2. The molecule has 0 saturated heterocycles. The maximum Gasteiger partial charge on any atom is 0.418 e. The van der Waals surface area contributed by atoms with Crippen LogP contribution in [0, 0.1) is 0 Å². The molecule has 1 aromatic carbocycles. The van der Waals surface area contributed by atoms with E-state index in [9.17, 15) is 13.2 Å². The Kier molecular flexibility index (Phi) is 5.70. The highest BCUT2D eigenvalue weighted by atomic mass is 19.4. The third-order valence-electron chi connectivity index (χ3n) is 3.05. The summed E-state index contributed by atoms with van der Waals surface area (Å²) in [4.78, 5) is 8.18. The number of benzene rings is 1. The SMILES string of the molecule is CC.CCc1cnc2cc(C(C)C)cc(C(F)(F)F)c2n1. The first-order valence-electron chi connectivity index (χ1n) is 7.19. The van der Waals surface area contributed by atoms with Gasteiger partial charge in [0, 0.05) is 6.20 Å². The molecular formula is C16H21F3N2. The van der Waals surface area contributed by atoms with Gasteiger partial charge >= 0.3 is 6.18 Å². The maximum absolute atomic E-state index is 13.1. The Bertz CT molecular complexity index is 604. The normalized spacial score (nSPS) is 11.5. The first-order valence-corrected chi connectivity index (χ1v) is 7.19. The van der Waals surface area contributed by atoms with Crippen LogP contribution in [0.25, 0.3) is 11.0 Å². The lowest BCUT2D eigenvalue weighted by atomic mass is 9.99. The van der Waals surface area contributed by atoms with Gasteiger partial charge in [0.15, 0.2) is 0 Å². The molecular weight excluding hydrogens is 277 g/mol. The molecule has 21 heavy (non-hydrogen) atoms. The highest BCUT2D eigenvalue weighted by Gasteiger charge is 2.34. The third-order valence-corrected chi connectivity index (χ3v) is 3.05. The molecule has 0 amide bonds. The molecule has 0 aliphatic carbocycles. The number of rotatable bonds is 2. The Hall–Kier alpha value is -1.65. The van der Waals surface area contributed by atoms with E-state index in [1.54, 1.807) is 6.07 Å². The van der Waals surface area contributed by atoms with Gasteiger partial charge in [0.2, 0.25) is 0 Å². The molecule has 1 aromatic heterocycles. The molecule has 116 valence electrons. The number of nitrogens with zero attached hydrogens (tertiary/aromatic N) is 2. The van der Waals surface area contributed by atoms with Crippen molar-refractivity contribution >= 4 is 11.0 Å². The summed E-state index contributed by atoms with van der Waals surface area (Å²) < 4.78 is 39.4. The maximum atomic E-state index is 13.1. The van der Waals surface area contributed by atoms with Gasteiger partial charge in [0.25, 0.3) is 0 Å². The summed E-state index contributed by atoms with van der Waals surface area (Å²) in [5.74, 6) is 0.0122. The lowest BCUT2D eigenvalue weighted by Crippen LogP contribution is -2.09. The van der Waals surface area contributed by atoms with Crippen molar-refractivity contribution in [1.82, 2.24) is 9.97 Å². The van der Waals surface area contributed by atoms with Crippen molar-refractivity contribution in [3.63, 3.8) is 0 Å². The molecule has 2 aromatic rings. The van der Waals surface area contributed by atoms with Crippen LogP contribution >= 0.6 is 0 Å². The molecule has 0 spiro atoms. The van der Waals surface area contributed by atoms with Crippen LogP contribution in [-0.4, -0.2) is 9.97 Å². The monoisotopic (exact) mass is 298 g/mol. The number of alkyl halides is 3. The molecule has 0 bridgehead atoms. The number of hydrogen-bond acceptors (Lipinski definition) is 2. The predicted octanol–water partition coefficient (Wildman–Crippen LogP) is 5.36. The van der Waals surface area contributed by atoms with Crippen LogP contribution in [0.15, 0.2) is 18.3 Å². The van der Waals surface area contributed by atoms with Crippen LogP contribution in [0.4, 0.5) is 13.2 Å². The molecule has 0 aliphatic rings. The van der Waals surface area contributed by atoms with E-state index in [2.05, 4.69) is 9.97 Å². The fourth-order valence-electron chi connectivity index (χ4n) is 1.89. The summed E-state index contributed by atoms with van der Waals surface area (Å²) in [7, 11) is 0. The summed E-state index contributed by atoms with van der Waals surface area (Å²) in [5.41, 5.74) is 0.733. The second-order valence-corrected chi connectivity index (χ2v) is 4.80. The van der Waals surface area contributed by atoms with E-state index in [1.807, 2.05) is 34.6 Å². The Morgan fingerprint density at radius 3 is 2.24 bits per heavy atom. The van der Waals surface area contributed by atoms with Gasteiger partial charge in [-0.2, -0.15) is 13.2 Å². The number of hydrogen-bond donors (Lipinski definition) is 0. The van der Waals surface area contributed by atoms with E-state index in [1.165, 1.54) is 12.3 Å². The van der Waals surface area contributed by atoms with Crippen LogP contribution in [0.5, 0.6) is 0 Å². The average Bonchev–Trinajstić information content (AvgIpc) is 2.46. The predicted molar refractivity (Wildman–Crippen MR) is 79.4 cm³/mol. The largest absolute Gasteiger partial charge is 0.418 e. The van der Waals surface area contributed by atoms with E-state index in [0.717, 1.165) is 0 Å². The molecule has 0 radical (unpaired) electrons. The molecule has 0 aliphatic heterocycles. The van der Waals surface area contributed by atoms with Crippen LogP contribution in [0.1, 0.15) is 57.4 Å². The third kappa shape index (κ3) is 3.93. The summed E-state index contributed by atoms with van der Waals surface area (Å²) >= 11 is 0. The zero-order valence-electron chi connectivity index (χ0n) is 13.0. The zero-order chi connectivity index (χ0) is 16.2. The van der Waals surface area contributed by atoms with Crippen molar-refractivity contribution in [2.24, 2.45) is 0 Å². The fraction of sp³-hybridized carbons (Fsp3) is 0.500. The van der Waals surface area contributed by atoms with Gasteiger partial charge in [-0.1, -0.05) is 34.6 Å². The Morgan fingerprint density at radius 1 is 1.14 bits per heavy atom. The van der Waals surface area contributed by atoms with Gasteiger partial charge in [-0.05, 0) is 30.0 Å². The van der Waals surface area contributed by atoms with Gasteiger partial charge in [-0.25, -0.2) is 4.98 Å². The van der Waals surface area contributed by atoms with Gasteiger partial charge in [0.05, 0.1) is 16.8 Å². The molecule has 2 rings (SSSR count). The highest BCUT2D eigenvalue weighted by Crippen LogP contribution is 2.35. The van der Waals surface area contributed by atoms with Crippen molar-refractivity contribution in [2.75, 3.05) is 0 Å². The molecule has 0 unspecified atom stereocenters.